The van der Waals surface area contributed by atoms with Crippen molar-refractivity contribution in [1.82, 2.24) is 5.32 Å². The standard InChI is InChI=1S/C21H28N2O4S/c1-5-17-9-7-8-10-20(17)23(28(4,25)26)15-21(24)22-16(3)18-11-13-19(14-12-18)27-6-2/h7-14,16H,5-6,15H2,1-4H3,(H,22,24)/t16-/m1/s1. The number of aryl methyl sites for hydroxylation is 1. The normalized spacial score (nSPS) is 12.3. The SMILES string of the molecule is CCOc1ccc([C@@H](C)NC(=O)CN(c2ccccc2CC)S(C)(=O)=O)cc1. The highest BCUT2D eigenvalue weighted by Crippen LogP contribution is 2.23. The molecule has 1 N–H and O–H groups in total. The van der Waals surface area contributed by atoms with Crippen LogP contribution in [0.25, 0.3) is 0 Å². The molecule has 2 aromatic carbocycles. The number of para-hydroxylation sites is 1. The molecule has 6 nitrogen and oxygen atoms in total. The van der Waals surface area contributed by atoms with E-state index in [0.717, 1.165) is 27.4 Å². The lowest BCUT2D eigenvalue weighted by Crippen LogP contribution is -2.41. The molecular formula is C21H28N2O4S. The smallest absolute Gasteiger partial charge is 0.241 e. The van der Waals surface area contributed by atoms with Crippen LogP contribution in [0.3, 0.4) is 0 Å². The molecule has 7 heteroatoms. The number of anilines is 1. The molecule has 0 saturated carbocycles. The molecule has 0 radical (unpaired) electrons. The predicted octanol–water partition coefficient (Wildman–Crippen LogP) is 3.29. The summed E-state index contributed by atoms with van der Waals surface area (Å²) in [6.07, 6.45) is 1.79. The molecule has 0 saturated heterocycles. The van der Waals surface area contributed by atoms with Crippen LogP contribution < -0.4 is 14.4 Å². The molecule has 0 fully saturated rings. The Labute approximate surface area is 167 Å². The predicted molar refractivity (Wildman–Crippen MR) is 112 cm³/mol. The van der Waals surface area contributed by atoms with Crippen LogP contribution in [0.5, 0.6) is 5.75 Å². The van der Waals surface area contributed by atoms with Crippen molar-refractivity contribution < 1.29 is 17.9 Å². The molecule has 28 heavy (non-hydrogen) atoms. The average molecular weight is 405 g/mol. The van der Waals surface area contributed by atoms with Gasteiger partial charge in [0.05, 0.1) is 24.6 Å². The number of ether oxygens (including phenoxy) is 1. The first kappa shape index (κ1) is 21.8. The maximum absolute atomic E-state index is 12.6. The summed E-state index contributed by atoms with van der Waals surface area (Å²) in [6.45, 7) is 6.05. The van der Waals surface area contributed by atoms with Gasteiger partial charge >= 0.3 is 0 Å². The molecule has 1 amide bonds. The largest absolute Gasteiger partial charge is 0.494 e. The summed E-state index contributed by atoms with van der Waals surface area (Å²) in [5.41, 5.74) is 2.33. The van der Waals surface area contributed by atoms with Crippen molar-refractivity contribution >= 4 is 21.6 Å². The van der Waals surface area contributed by atoms with Crippen LogP contribution in [0.2, 0.25) is 0 Å². The van der Waals surface area contributed by atoms with Crippen molar-refractivity contribution in [2.75, 3.05) is 23.7 Å². The van der Waals surface area contributed by atoms with Gasteiger partial charge in [-0.25, -0.2) is 8.42 Å². The number of hydrogen-bond acceptors (Lipinski definition) is 4. The first-order valence-corrected chi connectivity index (χ1v) is 11.2. The topological polar surface area (TPSA) is 75.7 Å². The number of nitrogens with one attached hydrogen (secondary N) is 1. The molecule has 0 heterocycles. The van der Waals surface area contributed by atoms with Crippen LogP contribution in [-0.2, 0) is 21.2 Å². The van der Waals surface area contributed by atoms with E-state index in [1.165, 1.54) is 0 Å². The number of sulfonamides is 1. The van der Waals surface area contributed by atoms with Crippen molar-refractivity contribution in [3.05, 3.63) is 59.7 Å². The van der Waals surface area contributed by atoms with Gasteiger partial charge < -0.3 is 10.1 Å². The monoisotopic (exact) mass is 404 g/mol. The van der Waals surface area contributed by atoms with Crippen LogP contribution in [0, 0.1) is 0 Å². The molecule has 2 aromatic rings. The number of benzene rings is 2. The number of hydrogen-bond donors (Lipinski definition) is 1. The minimum atomic E-state index is -3.60. The second-order valence-electron chi connectivity index (χ2n) is 6.54. The van der Waals surface area contributed by atoms with E-state index in [1.54, 1.807) is 12.1 Å². The third-order valence-electron chi connectivity index (χ3n) is 4.40. The van der Waals surface area contributed by atoms with Crippen molar-refractivity contribution in [3.8, 4) is 5.75 Å². The second-order valence-corrected chi connectivity index (χ2v) is 8.45. The van der Waals surface area contributed by atoms with Crippen molar-refractivity contribution in [2.24, 2.45) is 0 Å². The molecule has 0 aromatic heterocycles. The van der Waals surface area contributed by atoms with Crippen LogP contribution in [0.4, 0.5) is 5.69 Å². The van der Waals surface area contributed by atoms with E-state index in [1.807, 2.05) is 57.2 Å². The number of carbonyl (C=O) groups excluding carboxylic acids is 1. The van der Waals surface area contributed by atoms with Crippen molar-refractivity contribution in [1.29, 1.82) is 0 Å². The molecule has 0 bridgehead atoms. The van der Waals surface area contributed by atoms with Gasteiger partial charge in [0.1, 0.15) is 12.3 Å². The molecular weight excluding hydrogens is 376 g/mol. The Morgan fingerprint density at radius 1 is 1.11 bits per heavy atom. The molecule has 152 valence electrons. The van der Waals surface area contributed by atoms with Crippen LogP contribution >= 0.6 is 0 Å². The number of amides is 1. The Kier molecular flexibility index (Phi) is 7.45. The number of nitrogens with zero attached hydrogens (tertiary/aromatic N) is 1. The maximum atomic E-state index is 12.6. The van der Waals surface area contributed by atoms with Gasteiger partial charge in [0.15, 0.2) is 0 Å². The third-order valence-corrected chi connectivity index (χ3v) is 5.52. The fraction of sp³-hybridized carbons (Fsp3) is 0.381. The lowest BCUT2D eigenvalue weighted by atomic mass is 10.1. The summed E-state index contributed by atoms with van der Waals surface area (Å²) >= 11 is 0. The van der Waals surface area contributed by atoms with Gasteiger partial charge in [0.25, 0.3) is 0 Å². The van der Waals surface area contributed by atoms with E-state index in [0.29, 0.717) is 18.7 Å². The Bertz CT molecular complexity index is 895. The lowest BCUT2D eigenvalue weighted by Gasteiger charge is -2.25. The van der Waals surface area contributed by atoms with E-state index in [9.17, 15) is 13.2 Å². The zero-order valence-electron chi connectivity index (χ0n) is 16.8. The number of carbonyl (C=O) groups is 1. The van der Waals surface area contributed by atoms with E-state index >= 15 is 0 Å². The fourth-order valence-electron chi connectivity index (χ4n) is 2.95. The molecule has 0 aliphatic heterocycles. The van der Waals surface area contributed by atoms with Crippen LogP contribution in [-0.4, -0.2) is 33.7 Å². The van der Waals surface area contributed by atoms with Gasteiger partial charge in [0.2, 0.25) is 15.9 Å². The molecule has 0 aliphatic rings. The zero-order valence-corrected chi connectivity index (χ0v) is 17.6. The van der Waals surface area contributed by atoms with Crippen molar-refractivity contribution in [2.45, 2.75) is 33.2 Å². The third kappa shape index (κ3) is 5.73. The molecule has 2 rings (SSSR count). The Balaban J connectivity index is 2.13. The average Bonchev–Trinajstić information content (AvgIpc) is 2.66. The first-order chi connectivity index (χ1) is 13.3. The summed E-state index contributed by atoms with van der Waals surface area (Å²) in [7, 11) is -3.60. The van der Waals surface area contributed by atoms with Crippen LogP contribution in [0.1, 0.15) is 37.9 Å². The summed E-state index contributed by atoms with van der Waals surface area (Å²) in [6, 6.07) is 14.4. The number of rotatable bonds is 9. The highest BCUT2D eigenvalue weighted by atomic mass is 32.2. The highest BCUT2D eigenvalue weighted by Gasteiger charge is 2.23. The summed E-state index contributed by atoms with van der Waals surface area (Å²) < 4.78 is 31.2. The van der Waals surface area contributed by atoms with E-state index in [-0.39, 0.29) is 18.5 Å². The Hall–Kier alpha value is -2.54. The van der Waals surface area contributed by atoms with Crippen molar-refractivity contribution in [3.63, 3.8) is 0 Å². The lowest BCUT2D eigenvalue weighted by molar-refractivity contribution is -0.120. The van der Waals surface area contributed by atoms with Gasteiger partial charge in [-0.2, -0.15) is 0 Å². The van der Waals surface area contributed by atoms with Gasteiger partial charge in [-0.05, 0) is 49.6 Å². The summed E-state index contributed by atoms with van der Waals surface area (Å²) in [5, 5.41) is 2.87. The van der Waals surface area contributed by atoms with Gasteiger partial charge in [-0.3, -0.25) is 9.10 Å². The second kappa shape index (κ2) is 9.59. The van der Waals surface area contributed by atoms with Gasteiger partial charge in [-0.15, -0.1) is 0 Å². The van der Waals surface area contributed by atoms with Crippen LogP contribution in [0.15, 0.2) is 48.5 Å². The maximum Gasteiger partial charge on any atom is 0.241 e. The van der Waals surface area contributed by atoms with E-state index in [2.05, 4.69) is 5.32 Å². The molecule has 0 aliphatic carbocycles. The van der Waals surface area contributed by atoms with E-state index in [4.69, 9.17) is 4.74 Å². The molecule has 1 atom stereocenters. The van der Waals surface area contributed by atoms with Gasteiger partial charge in [-0.1, -0.05) is 37.3 Å². The quantitative estimate of drug-likeness (QED) is 0.696. The highest BCUT2D eigenvalue weighted by molar-refractivity contribution is 7.92. The molecule has 0 unspecified atom stereocenters. The Morgan fingerprint density at radius 3 is 2.32 bits per heavy atom. The summed E-state index contributed by atoms with van der Waals surface area (Å²) in [5.74, 6) is 0.405. The zero-order chi connectivity index (χ0) is 20.7. The molecule has 0 spiro atoms. The Morgan fingerprint density at radius 2 is 1.75 bits per heavy atom. The fourth-order valence-corrected chi connectivity index (χ4v) is 3.84. The minimum absolute atomic E-state index is 0.258. The minimum Gasteiger partial charge on any atom is -0.494 e. The van der Waals surface area contributed by atoms with Gasteiger partial charge in [0, 0.05) is 0 Å². The summed E-state index contributed by atoms with van der Waals surface area (Å²) in [4.78, 5) is 12.6. The van der Waals surface area contributed by atoms with E-state index < -0.39 is 10.0 Å². The first-order valence-electron chi connectivity index (χ1n) is 9.34.